The first-order valence-electron chi connectivity index (χ1n) is 4.85. The van der Waals surface area contributed by atoms with E-state index in [0.717, 1.165) is 12.3 Å². The molecular weight excluding hydrogens is 186 g/mol. The summed E-state index contributed by atoms with van der Waals surface area (Å²) in [5.74, 6) is 3.37. The van der Waals surface area contributed by atoms with E-state index in [2.05, 4.69) is 5.32 Å². The number of carbonyl (C=O) groups is 1. The molecule has 0 saturated carbocycles. The summed E-state index contributed by atoms with van der Waals surface area (Å²) in [6.45, 7) is 0.572. The minimum atomic E-state index is -0.241. The molecule has 1 atom stereocenters. The minimum absolute atomic E-state index is 0.241. The van der Waals surface area contributed by atoms with Crippen molar-refractivity contribution in [3.8, 4) is 0 Å². The van der Waals surface area contributed by atoms with Gasteiger partial charge in [0, 0.05) is 0 Å². The van der Waals surface area contributed by atoms with Gasteiger partial charge in [0.2, 0.25) is 0 Å². The molecule has 0 spiro atoms. The SMILES string of the molecule is O=C1NC(CC2CCSCC2)CO1. The van der Waals surface area contributed by atoms with Crippen LogP contribution in [0, 0.1) is 5.92 Å². The third kappa shape index (κ3) is 2.53. The zero-order valence-corrected chi connectivity index (χ0v) is 8.44. The average molecular weight is 201 g/mol. The smallest absolute Gasteiger partial charge is 0.407 e. The lowest BCUT2D eigenvalue weighted by Crippen LogP contribution is -2.29. The van der Waals surface area contributed by atoms with Crippen LogP contribution in [0.4, 0.5) is 4.79 Å². The fourth-order valence-electron chi connectivity index (χ4n) is 1.94. The molecule has 0 aliphatic carbocycles. The Morgan fingerprint density at radius 1 is 1.46 bits per heavy atom. The third-order valence-corrected chi connectivity index (χ3v) is 3.75. The second-order valence-corrected chi connectivity index (χ2v) is 4.96. The Kier molecular flexibility index (Phi) is 2.98. The third-order valence-electron chi connectivity index (χ3n) is 2.70. The molecule has 0 bridgehead atoms. The summed E-state index contributed by atoms with van der Waals surface area (Å²) in [5, 5.41) is 2.83. The molecule has 74 valence electrons. The predicted octanol–water partition coefficient (Wildman–Crippen LogP) is 1.63. The molecule has 1 N–H and O–H groups in total. The highest BCUT2D eigenvalue weighted by atomic mass is 32.2. The number of cyclic esters (lactones) is 1. The molecule has 0 radical (unpaired) electrons. The van der Waals surface area contributed by atoms with Crippen LogP contribution in [-0.2, 0) is 4.74 Å². The van der Waals surface area contributed by atoms with Crippen LogP contribution in [0.25, 0.3) is 0 Å². The molecule has 1 amide bonds. The van der Waals surface area contributed by atoms with Crippen molar-refractivity contribution >= 4 is 17.9 Å². The number of carbonyl (C=O) groups excluding carboxylic acids is 1. The van der Waals surface area contributed by atoms with Gasteiger partial charge in [-0.05, 0) is 36.7 Å². The van der Waals surface area contributed by atoms with E-state index in [0.29, 0.717) is 6.61 Å². The summed E-state index contributed by atoms with van der Waals surface area (Å²) in [4.78, 5) is 10.8. The summed E-state index contributed by atoms with van der Waals surface area (Å²) < 4.78 is 4.85. The topological polar surface area (TPSA) is 38.3 Å². The molecule has 2 saturated heterocycles. The van der Waals surface area contributed by atoms with Crippen molar-refractivity contribution in [2.75, 3.05) is 18.1 Å². The predicted molar refractivity (Wildman–Crippen MR) is 52.9 cm³/mol. The average Bonchev–Trinajstić information content (AvgIpc) is 2.53. The summed E-state index contributed by atoms with van der Waals surface area (Å²) in [6.07, 6.45) is 3.47. The first-order valence-corrected chi connectivity index (χ1v) is 6.01. The normalized spacial score (nSPS) is 29.8. The van der Waals surface area contributed by atoms with Gasteiger partial charge < -0.3 is 10.1 Å². The van der Waals surface area contributed by atoms with E-state index in [1.165, 1.54) is 24.3 Å². The molecule has 4 heteroatoms. The summed E-state index contributed by atoms with van der Waals surface area (Å²) >= 11 is 2.04. The fraction of sp³-hybridized carbons (Fsp3) is 0.889. The molecular formula is C9H15NO2S. The summed E-state index contributed by atoms with van der Waals surface area (Å²) in [7, 11) is 0. The van der Waals surface area contributed by atoms with Gasteiger partial charge in [0.1, 0.15) is 6.61 Å². The Morgan fingerprint density at radius 3 is 2.85 bits per heavy atom. The van der Waals surface area contributed by atoms with Crippen molar-refractivity contribution in [1.82, 2.24) is 5.32 Å². The van der Waals surface area contributed by atoms with Crippen LogP contribution in [0.2, 0.25) is 0 Å². The van der Waals surface area contributed by atoms with E-state index >= 15 is 0 Å². The zero-order valence-electron chi connectivity index (χ0n) is 7.62. The lowest BCUT2D eigenvalue weighted by molar-refractivity contribution is 0.176. The number of alkyl carbamates (subject to hydrolysis) is 1. The van der Waals surface area contributed by atoms with Gasteiger partial charge in [0.25, 0.3) is 0 Å². The first kappa shape index (κ1) is 9.19. The van der Waals surface area contributed by atoms with Gasteiger partial charge >= 0.3 is 6.09 Å². The number of rotatable bonds is 2. The van der Waals surface area contributed by atoms with Crippen molar-refractivity contribution in [2.24, 2.45) is 5.92 Å². The van der Waals surface area contributed by atoms with E-state index in [-0.39, 0.29) is 12.1 Å². The highest BCUT2D eigenvalue weighted by molar-refractivity contribution is 7.99. The number of amides is 1. The maximum absolute atomic E-state index is 10.8. The van der Waals surface area contributed by atoms with E-state index in [9.17, 15) is 4.79 Å². The molecule has 2 aliphatic rings. The molecule has 0 aromatic rings. The van der Waals surface area contributed by atoms with Crippen LogP contribution >= 0.6 is 11.8 Å². The minimum Gasteiger partial charge on any atom is -0.447 e. The Morgan fingerprint density at radius 2 is 2.23 bits per heavy atom. The van der Waals surface area contributed by atoms with Crippen molar-refractivity contribution in [1.29, 1.82) is 0 Å². The molecule has 1 unspecified atom stereocenters. The van der Waals surface area contributed by atoms with Gasteiger partial charge in [-0.1, -0.05) is 0 Å². The molecule has 3 nitrogen and oxygen atoms in total. The van der Waals surface area contributed by atoms with Gasteiger partial charge in [-0.3, -0.25) is 0 Å². The van der Waals surface area contributed by atoms with E-state index in [4.69, 9.17) is 4.74 Å². The fourth-order valence-corrected chi connectivity index (χ4v) is 3.14. The molecule has 2 fully saturated rings. The number of thioether (sulfide) groups is 1. The molecule has 0 aromatic heterocycles. The monoisotopic (exact) mass is 201 g/mol. The molecule has 2 rings (SSSR count). The van der Waals surface area contributed by atoms with Gasteiger partial charge in [-0.2, -0.15) is 11.8 Å². The maximum Gasteiger partial charge on any atom is 0.407 e. The highest BCUT2D eigenvalue weighted by Crippen LogP contribution is 2.26. The summed E-state index contributed by atoms with van der Waals surface area (Å²) in [5.41, 5.74) is 0. The molecule has 2 heterocycles. The van der Waals surface area contributed by atoms with E-state index in [1.54, 1.807) is 0 Å². The molecule has 2 aliphatic heterocycles. The van der Waals surface area contributed by atoms with Gasteiger partial charge in [-0.25, -0.2) is 4.79 Å². The molecule has 13 heavy (non-hydrogen) atoms. The highest BCUT2D eigenvalue weighted by Gasteiger charge is 2.26. The number of hydrogen-bond donors (Lipinski definition) is 1. The van der Waals surface area contributed by atoms with Crippen molar-refractivity contribution < 1.29 is 9.53 Å². The standard InChI is InChI=1S/C9H15NO2S/c11-9-10-8(6-12-9)5-7-1-3-13-4-2-7/h7-8H,1-6H2,(H,10,11). The number of nitrogens with one attached hydrogen (secondary N) is 1. The Balaban J connectivity index is 1.73. The Hall–Kier alpha value is -0.380. The van der Waals surface area contributed by atoms with Gasteiger partial charge in [-0.15, -0.1) is 0 Å². The first-order chi connectivity index (χ1) is 6.34. The quantitative estimate of drug-likeness (QED) is 0.738. The van der Waals surface area contributed by atoms with E-state index in [1.807, 2.05) is 11.8 Å². The Bertz CT molecular complexity index is 192. The van der Waals surface area contributed by atoms with Crippen molar-refractivity contribution in [3.05, 3.63) is 0 Å². The maximum atomic E-state index is 10.8. The number of hydrogen-bond acceptors (Lipinski definition) is 3. The summed E-state index contributed by atoms with van der Waals surface area (Å²) in [6, 6.07) is 0.278. The van der Waals surface area contributed by atoms with Gasteiger partial charge in [0.15, 0.2) is 0 Å². The van der Waals surface area contributed by atoms with Crippen LogP contribution < -0.4 is 5.32 Å². The zero-order chi connectivity index (χ0) is 9.10. The molecule has 0 aromatic carbocycles. The largest absolute Gasteiger partial charge is 0.447 e. The van der Waals surface area contributed by atoms with Crippen LogP contribution in [-0.4, -0.2) is 30.2 Å². The van der Waals surface area contributed by atoms with Crippen LogP contribution in [0.3, 0.4) is 0 Å². The number of ether oxygens (including phenoxy) is 1. The van der Waals surface area contributed by atoms with Crippen molar-refractivity contribution in [3.63, 3.8) is 0 Å². The second kappa shape index (κ2) is 4.22. The van der Waals surface area contributed by atoms with E-state index < -0.39 is 0 Å². The van der Waals surface area contributed by atoms with Crippen LogP contribution in [0.15, 0.2) is 0 Å². The van der Waals surface area contributed by atoms with Crippen LogP contribution in [0.1, 0.15) is 19.3 Å². The lowest BCUT2D eigenvalue weighted by Gasteiger charge is -2.22. The van der Waals surface area contributed by atoms with Crippen molar-refractivity contribution in [2.45, 2.75) is 25.3 Å². The van der Waals surface area contributed by atoms with Crippen LogP contribution in [0.5, 0.6) is 0 Å². The van der Waals surface area contributed by atoms with Gasteiger partial charge in [0.05, 0.1) is 6.04 Å². The Labute approximate surface area is 82.6 Å². The lowest BCUT2D eigenvalue weighted by atomic mass is 9.95. The second-order valence-electron chi connectivity index (χ2n) is 3.73.